The number of nitrogens with zero attached hydrogens (tertiary/aromatic N) is 3. The summed E-state index contributed by atoms with van der Waals surface area (Å²) >= 11 is 0. The predicted octanol–water partition coefficient (Wildman–Crippen LogP) is 3.62. The summed E-state index contributed by atoms with van der Waals surface area (Å²) in [5.74, 6) is -0.710. The lowest BCUT2D eigenvalue weighted by molar-refractivity contribution is 0.102. The third-order valence-electron chi connectivity index (χ3n) is 4.42. The molecule has 1 aromatic carbocycles. The smallest absolute Gasteiger partial charge is 0.255 e. The molecule has 3 rings (SSSR count). The van der Waals surface area contributed by atoms with Gasteiger partial charge in [0, 0.05) is 35.0 Å². The van der Waals surface area contributed by atoms with Gasteiger partial charge in [0.25, 0.3) is 5.91 Å². The van der Waals surface area contributed by atoms with Crippen LogP contribution in [0.2, 0.25) is 0 Å². The maximum atomic E-state index is 12.4. The van der Waals surface area contributed by atoms with E-state index in [-0.39, 0.29) is 5.91 Å². The number of nitriles is 2. The first-order valence-corrected chi connectivity index (χ1v) is 8.35. The van der Waals surface area contributed by atoms with Gasteiger partial charge in [-0.2, -0.15) is 10.5 Å². The van der Waals surface area contributed by atoms with E-state index >= 15 is 0 Å². The van der Waals surface area contributed by atoms with E-state index in [0.29, 0.717) is 22.4 Å². The molecule has 1 amide bonds. The Morgan fingerprint density at radius 1 is 1.07 bits per heavy atom. The number of benzene rings is 1. The van der Waals surface area contributed by atoms with Crippen LogP contribution < -0.4 is 10.6 Å². The van der Waals surface area contributed by atoms with Gasteiger partial charge in [0.05, 0.1) is 29.2 Å². The van der Waals surface area contributed by atoms with E-state index in [4.69, 9.17) is 0 Å². The number of aromatic nitrogens is 1. The fraction of sp³-hybridized carbons (Fsp3) is 0.143. The Hall–Kier alpha value is -3.90. The number of pyridine rings is 1. The minimum absolute atomic E-state index is 0.251. The van der Waals surface area contributed by atoms with Gasteiger partial charge in [0.15, 0.2) is 0 Å². The molecule has 132 valence electrons. The first-order valence-electron chi connectivity index (χ1n) is 8.35. The molecule has 0 atom stereocenters. The van der Waals surface area contributed by atoms with Crippen LogP contribution in [0.15, 0.2) is 71.3 Å². The SMILES string of the molecule is CC1=C(C#N)C(c2cccc(NC(=O)c3ccncc3)c2)C(C#N)=C(C)N1. The van der Waals surface area contributed by atoms with Gasteiger partial charge in [-0.25, -0.2) is 0 Å². The Labute approximate surface area is 157 Å². The lowest BCUT2D eigenvalue weighted by Crippen LogP contribution is -2.23. The molecule has 0 unspecified atom stereocenters. The van der Waals surface area contributed by atoms with E-state index in [1.54, 1.807) is 42.7 Å². The number of dihydropyridines is 1. The van der Waals surface area contributed by atoms with Gasteiger partial charge in [0.2, 0.25) is 0 Å². The lowest BCUT2D eigenvalue weighted by atomic mass is 9.81. The molecule has 2 aromatic rings. The fourth-order valence-corrected chi connectivity index (χ4v) is 3.13. The van der Waals surface area contributed by atoms with Crippen LogP contribution in [0.5, 0.6) is 0 Å². The number of hydrogen-bond donors (Lipinski definition) is 2. The van der Waals surface area contributed by atoms with Crippen LogP contribution in [0.25, 0.3) is 0 Å². The fourth-order valence-electron chi connectivity index (χ4n) is 3.13. The van der Waals surface area contributed by atoms with Crippen molar-refractivity contribution in [2.24, 2.45) is 0 Å². The number of carbonyl (C=O) groups is 1. The van der Waals surface area contributed by atoms with Crippen molar-refractivity contribution < 1.29 is 4.79 Å². The zero-order valence-electron chi connectivity index (χ0n) is 14.9. The van der Waals surface area contributed by atoms with Gasteiger partial charge in [-0.15, -0.1) is 0 Å². The van der Waals surface area contributed by atoms with Crippen molar-refractivity contribution >= 4 is 11.6 Å². The molecule has 2 heterocycles. The summed E-state index contributed by atoms with van der Waals surface area (Å²) < 4.78 is 0. The number of amides is 1. The maximum absolute atomic E-state index is 12.4. The molecule has 0 spiro atoms. The zero-order valence-corrected chi connectivity index (χ0v) is 14.9. The van der Waals surface area contributed by atoms with Crippen molar-refractivity contribution in [1.29, 1.82) is 10.5 Å². The lowest BCUT2D eigenvalue weighted by Gasteiger charge is -2.26. The number of allylic oxidation sites excluding steroid dienone is 4. The minimum atomic E-state index is -0.459. The normalized spacial score (nSPS) is 14.2. The molecule has 0 aliphatic carbocycles. The highest BCUT2D eigenvalue weighted by atomic mass is 16.1. The largest absolute Gasteiger partial charge is 0.361 e. The highest BCUT2D eigenvalue weighted by Gasteiger charge is 2.29. The number of anilines is 1. The van der Waals surface area contributed by atoms with Gasteiger partial charge >= 0.3 is 0 Å². The molecular formula is C21H17N5O. The standard InChI is InChI=1S/C21H17N5O/c1-13-18(11-22)20(19(12-23)14(2)25-13)16-4-3-5-17(10-16)26-21(27)15-6-8-24-9-7-15/h3-10,20,25H,1-2H3,(H,26,27). The molecule has 1 aliphatic heterocycles. The van der Waals surface area contributed by atoms with Crippen molar-refractivity contribution in [3.05, 3.63) is 82.5 Å². The Morgan fingerprint density at radius 2 is 1.70 bits per heavy atom. The van der Waals surface area contributed by atoms with Gasteiger partial charge in [-0.3, -0.25) is 9.78 Å². The third kappa shape index (κ3) is 3.56. The van der Waals surface area contributed by atoms with E-state index in [1.165, 1.54) is 0 Å². The van der Waals surface area contributed by atoms with Crippen LogP contribution in [-0.2, 0) is 0 Å². The highest BCUT2D eigenvalue weighted by molar-refractivity contribution is 6.04. The highest BCUT2D eigenvalue weighted by Crippen LogP contribution is 2.37. The molecule has 2 N–H and O–H groups in total. The van der Waals surface area contributed by atoms with E-state index in [9.17, 15) is 15.3 Å². The number of carbonyl (C=O) groups excluding carboxylic acids is 1. The molecule has 27 heavy (non-hydrogen) atoms. The van der Waals surface area contributed by atoms with Crippen LogP contribution in [0.1, 0.15) is 35.7 Å². The first kappa shape index (κ1) is 17.9. The van der Waals surface area contributed by atoms with Crippen molar-refractivity contribution in [3.63, 3.8) is 0 Å². The molecule has 1 aromatic heterocycles. The molecule has 6 heteroatoms. The van der Waals surface area contributed by atoms with Gasteiger partial charge in [0.1, 0.15) is 0 Å². The quantitative estimate of drug-likeness (QED) is 0.875. The number of nitrogens with one attached hydrogen (secondary N) is 2. The summed E-state index contributed by atoms with van der Waals surface area (Å²) in [6.45, 7) is 3.64. The summed E-state index contributed by atoms with van der Waals surface area (Å²) in [5, 5.41) is 25.1. The van der Waals surface area contributed by atoms with E-state index in [1.807, 2.05) is 19.9 Å². The molecule has 6 nitrogen and oxygen atoms in total. The summed E-state index contributed by atoms with van der Waals surface area (Å²) in [5.41, 5.74) is 4.31. The molecule has 0 saturated carbocycles. The summed E-state index contributed by atoms with van der Waals surface area (Å²) in [6, 6.07) is 14.9. The summed E-state index contributed by atoms with van der Waals surface area (Å²) in [7, 11) is 0. The molecule has 0 fully saturated rings. The van der Waals surface area contributed by atoms with Crippen LogP contribution in [-0.4, -0.2) is 10.9 Å². The van der Waals surface area contributed by atoms with Crippen LogP contribution in [0.3, 0.4) is 0 Å². The van der Waals surface area contributed by atoms with E-state index in [0.717, 1.165) is 17.0 Å². The average molecular weight is 355 g/mol. The van der Waals surface area contributed by atoms with Gasteiger partial charge in [-0.05, 0) is 43.7 Å². The zero-order chi connectivity index (χ0) is 19.4. The summed E-state index contributed by atoms with van der Waals surface area (Å²) in [4.78, 5) is 16.3. The van der Waals surface area contributed by atoms with Crippen molar-refractivity contribution in [2.75, 3.05) is 5.32 Å². The number of rotatable bonds is 3. The predicted molar refractivity (Wildman–Crippen MR) is 101 cm³/mol. The van der Waals surface area contributed by atoms with E-state index < -0.39 is 5.92 Å². The topological polar surface area (TPSA) is 102 Å². The summed E-state index contributed by atoms with van der Waals surface area (Å²) in [6.07, 6.45) is 3.11. The molecule has 0 saturated heterocycles. The van der Waals surface area contributed by atoms with Crippen LogP contribution in [0, 0.1) is 22.7 Å². The third-order valence-corrected chi connectivity index (χ3v) is 4.42. The van der Waals surface area contributed by atoms with Crippen molar-refractivity contribution in [1.82, 2.24) is 10.3 Å². The monoisotopic (exact) mass is 355 g/mol. The molecule has 0 radical (unpaired) electrons. The molecular weight excluding hydrogens is 338 g/mol. The van der Waals surface area contributed by atoms with Crippen molar-refractivity contribution in [3.8, 4) is 12.1 Å². The Bertz CT molecular complexity index is 1000. The Balaban J connectivity index is 1.97. The average Bonchev–Trinajstić information content (AvgIpc) is 2.68. The second kappa shape index (κ2) is 7.55. The Morgan fingerprint density at radius 3 is 2.30 bits per heavy atom. The van der Waals surface area contributed by atoms with Crippen LogP contribution >= 0.6 is 0 Å². The van der Waals surface area contributed by atoms with Crippen molar-refractivity contribution in [2.45, 2.75) is 19.8 Å². The Kier molecular flexibility index (Phi) is 5.01. The minimum Gasteiger partial charge on any atom is -0.361 e. The molecule has 0 bridgehead atoms. The second-order valence-electron chi connectivity index (χ2n) is 6.17. The van der Waals surface area contributed by atoms with Gasteiger partial charge in [-0.1, -0.05) is 12.1 Å². The second-order valence-corrected chi connectivity index (χ2v) is 6.17. The first-order chi connectivity index (χ1) is 13.0. The molecule has 1 aliphatic rings. The maximum Gasteiger partial charge on any atom is 0.255 e. The van der Waals surface area contributed by atoms with Gasteiger partial charge < -0.3 is 10.6 Å². The van der Waals surface area contributed by atoms with Crippen LogP contribution in [0.4, 0.5) is 5.69 Å². The van der Waals surface area contributed by atoms with E-state index in [2.05, 4.69) is 27.8 Å². The number of hydrogen-bond acceptors (Lipinski definition) is 5.